The molecule has 0 bridgehead atoms. The Morgan fingerprint density at radius 2 is 1.89 bits per heavy atom. The second kappa shape index (κ2) is 5.92. The van der Waals surface area contributed by atoms with Gasteiger partial charge in [0.25, 0.3) is 0 Å². The summed E-state index contributed by atoms with van der Waals surface area (Å²) in [5.41, 5.74) is 2.17. The predicted molar refractivity (Wildman–Crippen MR) is 80.7 cm³/mol. The molecule has 0 fully saturated rings. The fourth-order valence-electron chi connectivity index (χ4n) is 1.59. The van der Waals surface area contributed by atoms with Crippen LogP contribution in [-0.4, -0.2) is 5.11 Å². The summed E-state index contributed by atoms with van der Waals surface area (Å²) in [7, 11) is 0. The fourth-order valence-corrected chi connectivity index (χ4v) is 2.11. The van der Waals surface area contributed by atoms with Crippen molar-refractivity contribution in [1.29, 1.82) is 5.26 Å². The van der Waals surface area contributed by atoms with Crippen LogP contribution in [0, 0.1) is 11.3 Å². The molecule has 0 spiro atoms. The molecule has 0 saturated heterocycles. The minimum atomic E-state index is 0.169. The Kier molecular flexibility index (Phi) is 4.26. The number of halogens is 2. The Hall–Kier alpha value is -1.76. The van der Waals surface area contributed by atoms with Crippen molar-refractivity contribution in [1.82, 2.24) is 0 Å². The van der Waals surface area contributed by atoms with E-state index in [-0.39, 0.29) is 5.75 Å². The molecule has 0 aliphatic rings. The van der Waals surface area contributed by atoms with Crippen molar-refractivity contribution in [3.8, 4) is 11.8 Å². The van der Waals surface area contributed by atoms with Crippen LogP contribution in [0.2, 0.25) is 5.02 Å². The molecule has 2 rings (SSSR count). The zero-order valence-corrected chi connectivity index (χ0v) is 12.1. The minimum absolute atomic E-state index is 0.169. The van der Waals surface area contributed by atoms with Gasteiger partial charge in [-0.05, 0) is 57.4 Å². The van der Waals surface area contributed by atoms with E-state index in [1.165, 1.54) is 0 Å². The standard InChI is InChI=1S/C15H9BrClNO/c16-14-8-10(1-6-15(14)19)7-12(9-18)11-2-4-13(17)5-3-11/h1-8,19H/b12-7+. The molecular formula is C15H9BrClNO. The summed E-state index contributed by atoms with van der Waals surface area (Å²) >= 11 is 9.07. The predicted octanol–water partition coefficient (Wildman–Crippen LogP) is 4.87. The van der Waals surface area contributed by atoms with Gasteiger partial charge in [0.2, 0.25) is 0 Å². The van der Waals surface area contributed by atoms with Crippen molar-refractivity contribution in [3.63, 3.8) is 0 Å². The number of hydrogen-bond donors (Lipinski definition) is 1. The molecule has 2 nitrogen and oxygen atoms in total. The number of phenolic OH excluding ortho intramolecular Hbond substituents is 1. The highest BCUT2D eigenvalue weighted by Gasteiger charge is 2.03. The maximum absolute atomic E-state index is 9.44. The summed E-state index contributed by atoms with van der Waals surface area (Å²) in [4.78, 5) is 0. The van der Waals surface area contributed by atoms with Crippen molar-refractivity contribution in [3.05, 3.63) is 63.1 Å². The lowest BCUT2D eigenvalue weighted by Crippen LogP contribution is -1.82. The second-order valence-electron chi connectivity index (χ2n) is 3.89. The number of hydrogen-bond acceptors (Lipinski definition) is 2. The molecule has 0 radical (unpaired) electrons. The van der Waals surface area contributed by atoms with Gasteiger partial charge in [0, 0.05) is 5.02 Å². The summed E-state index contributed by atoms with van der Waals surface area (Å²) in [6.45, 7) is 0. The van der Waals surface area contributed by atoms with Gasteiger partial charge in [0.1, 0.15) is 5.75 Å². The van der Waals surface area contributed by atoms with Gasteiger partial charge in [-0.15, -0.1) is 0 Å². The molecule has 0 aliphatic heterocycles. The monoisotopic (exact) mass is 333 g/mol. The van der Waals surface area contributed by atoms with Crippen LogP contribution in [0.25, 0.3) is 11.6 Å². The largest absolute Gasteiger partial charge is 0.507 e. The molecule has 0 unspecified atom stereocenters. The molecule has 2 aromatic carbocycles. The van der Waals surface area contributed by atoms with E-state index in [9.17, 15) is 10.4 Å². The van der Waals surface area contributed by atoms with Gasteiger partial charge in [0.05, 0.1) is 16.1 Å². The minimum Gasteiger partial charge on any atom is -0.507 e. The average Bonchev–Trinajstić information content (AvgIpc) is 2.41. The molecule has 1 N–H and O–H groups in total. The lowest BCUT2D eigenvalue weighted by atomic mass is 10.0. The molecule has 4 heteroatoms. The van der Waals surface area contributed by atoms with E-state index in [0.29, 0.717) is 15.1 Å². The Morgan fingerprint density at radius 3 is 2.47 bits per heavy atom. The molecule has 0 aliphatic carbocycles. The van der Waals surface area contributed by atoms with Crippen LogP contribution in [0.5, 0.6) is 5.75 Å². The number of allylic oxidation sites excluding steroid dienone is 1. The molecule has 2 aromatic rings. The lowest BCUT2D eigenvalue weighted by molar-refractivity contribution is 0.472. The summed E-state index contributed by atoms with van der Waals surface area (Å²) in [6.07, 6.45) is 1.76. The van der Waals surface area contributed by atoms with E-state index in [0.717, 1.165) is 11.1 Å². The first-order chi connectivity index (χ1) is 9.10. The normalized spacial score (nSPS) is 11.1. The maximum atomic E-state index is 9.44. The molecule has 0 saturated carbocycles. The van der Waals surface area contributed by atoms with Crippen molar-refractivity contribution in [2.75, 3.05) is 0 Å². The topological polar surface area (TPSA) is 44.0 Å². The maximum Gasteiger partial charge on any atom is 0.129 e. The Bertz CT molecular complexity index is 672. The SMILES string of the molecule is N#C/C(=C\c1ccc(O)c(Br)c1)c1ccc(Cl)cc1. The summed E-state index contributed by atoms with van der Waals surface area (Å²) < 4.78 is 0.592. The van der Waals surface area contributed by atoms with Crippen molar-refractivity contribution < 1.29 is 5.11 Å². The smallest absolute Gasteiger partial charge is 0.129 e. The molecule has 19 heavy (non-hydrogen) atoms. The van der Waals surface area contributed by atoms with E-state index in [4.69, 9.17) is 11.6 Å². The Labute approximate surface area is 124 Å². The van der Waals surface area contributed by atoms with E-state index < -0.39 is 0 Å². The van der Waals surface area contributed by atoms with E-state index in [1.807, 2.05) is 0 Å². The molecule has 0 aromatic heterocycles. The van der Waals surface area contributed by atoms with Crippen LogP contribution in [0.15, 0.2) is 46.9 Å². The van der Waals surface area contributed by atoms with Gasteiger partial charge < -0.3 is 5.11 Å². The van der Waals surface area contributed by atoms with Crippen LogP contribution in [0.4, 0.5) is 0 Å². The van der Waals surface area contributed by atoms with Gasteiger partial charge in [-0.3, -0.25) is 0 Å². The van der Waals surface area contributed by atoms with Crippen LogP contribution >= 0.6 is 27.5 Å². The quantitative estimate of drug-likeness (QED) is 0.629. The van der Waals surface area contributed by atoms with Crippen LogP contribution in [0.1, 0.15) is 11.1 Å². The number of rotatable bonds is 2. The zero-order chi connectivity index (χ0) is 13.8. The van der Waals surface area contributed by atoms with Gasteiger partial charge in [-0.25, -0.2) is 0 Å². The summed E-state index contributed by atoms with van der Waals surface area (Å²) in [5, 5.41) is 19.3. The Morgan fingerprint density at radius 1 is 1.21 bits per heavy atom. The highest BCUT2D eigenvalue weighted by Crippen LogP contribution is 2.27. The average molecular weight is 335 g/mol. The summed E-state index contributed by atoms with van der Waals surface area (Å²) in [6, 6.07) is 14.3. The molecule has 0 heterocycles. The molecule has 94 valence electrons. The van der Waals surface area contributed by atoms with Gasteiger partial charge in [0.15, 0.2) is 0 Å². The van der Waals surface area contributed by atoms with Gasteiger partial charge in [-0.1, -0.05) is 29.8 Å². The molecule has 0 amide bonds. The number of nitriles is 1. The highest BCUT2D eigenvalue weighted by molar-refractivity contribution is 9.10. The van der Waals surface area contributed by atoms with E-state index in [1.54, 1.807) is 48.5 Å². The summed E-state index contributed by atoms with van der Waals surface area (Å²) in [5.74, 6) is 0.169. The molecule has 0 atom stereocenters. The molecular weight excluding hydrogens is 326 g/mol. The zero-order valence-electron chi connectivity index (χ0n) is 9.77. The number of benzene rings is 2. The lowest BCUT2D eigenvalue weighted by Gasteiger charge is -2.02. The van der Waals surface area contributed by atoms with Crippen molar-refractivity contribution in [2.45, 2.75) is 0 Å². The van der Waals surface area contributed by atoms with Crippen molar-refractivity contribution in [2.24, 2.45) is 0 Å². The van der Waals surface area contributed by atoms with Crippen LogP contribution in [0.3, 0.4) is 0 Å². The first kappa shape index (κ1) is 13.7. The first-order valence-electron chi connectivity index (χ1n) is 5.46. The van der Waals surface area contributed by atoms with E-state index in [2.05, 4.69) is 22.0 Å². The van der Waals surface area contributed by atoms with Crippen LogP contribution in [-0.2, 0) is 0 Å². The highest BCUT2D eigenvalue weighted by atomic mass is 79.9. The third-order valence-corrected chi connectivity index (χ3v) is 3.45. The van der Waals surface area contributed by atoms with Gasteiger partial charge >= 0.3 is 0 Å². The second-order valence-corrected chi connectivity index (χ2v) is 5.18. The fraction of sp³-hybridized carbons (Fsp3) is 0. The van der Waals surface area contributed by atoms with Crippen LogP contribution < -0.4 is 0 Å². The third-order valence-electron chi connectivity index (χ3n) is 2.56. The number of nitrogens with zero attached hydrogens (tertiary/aromatic N) is 1. The van der Waals surface area contributed by atoms with E-state index >= 15 is 0 Å². The number of aromatic hydroxyl groups is 1. The van der Waals surface area contributed by atoms with Gasteiger partial charge in [-0.2, -0.15) is 5.26 Å². The first-order valence-corrected chi connectivity index (χ1v) is 6.63. The number of phenols is 1. The third kappa shape index (κ3) is 3.37. The van der Waals surface area contributed by atoms with Crippen molar-refractivity contribution >= 4 is 39.2 Å². The Balaban J connectivity index is 2.41.